The third-order valence-electron chi connectivity index (χ3n) is 6.89. The van der Waals surface area contributed by atoms with Gasteiger partial charge in [0.1, 0.15) is 5.75 Å². The van der Waals surface area contributed by atoms with E-state index in [9.17, 15) is 4.79 Å². The van der Waals surface area contributed by atoms with Crippen molar-refractivity contribution in [1.82, 2.24) is 10.2 Å². The van der Waals surface area contributed by atoms with Gasteiger partial charge in [-0.05, 0) is 83.8 Å². The number of fused-ring (bicyclic) bond motifs is 1. The molecule has 3 aromatic rings. The fourth-order valence-electron chi connectivity index (χ4n) is 4.88. The van der Waals surface area contributed by atoms with Gasteiger partial charge in [-0.3, -0.25) is 9.69 Å². The lowest BCUT2D eigenvalue weighted by molar-refractivity contribution is 0.0940. The van der Waals surface area contributed by atoms with Crippen molar-refractivity contribution in [2.75, 3.05) is 13.7 Å². The number of nitrogens with zero attached hydrogens (tertiary/aromatic N) is 1. The minimum Gasteiger partial charge on any atom is -0.496 e. The Bertz CT molecular complexity index is 1150. The number of hydrogen-bond acceptors (Lipinski definition) is 3. The van der Waals surface area contributed by atoms with Crippen LogP contribution in [0.1, 0.15) is 76.5 Å². The van der Waals surface area contributed by atoms with Gasteiger partial charge in [0.15, 0.2) is 0 Å². The summed E-state index contributed by atoms with van der Waals surface area (Å²) >= 11 is 0. The second-order valence-corrected chi connectivity index (χ2v) is 9.73. The summed E-state index contributed by atoms with van der Waals surface area (Å²) in [5.74, 6) is 1.20. The Hall–Kier alpha value is -3.11. The number of amides is 1. The third kappa shape index (κ3) is 5.34. The van der Waals surface area contributed by atoms with E-state index in [0.29, 0.717) is 11.5 Å². The zero-order chi connectivity index (χ0) is 24.2. The van der Waals surface area contributed by atoms with Gasteiger partial charge in [-0.15, -0.1) is 0 Å². The highest BCUT2D eigenvalue weighted by Gasteiger charge is 2.19. The standard InChI is InChI=1S/C30H36N2O2/c1-20(2)27-17-28(21(3)16-29(27)34-5)22(4)31-30(33)25-12-10-23(11-13-25)18-32-15-14-24-8-6-7-9-26(24)19-32/h6-13,16-17,20,22H,14-15,18-19H2,1-5H3,(H,31,33)/t22-/m0/s1. The summed E-state index contributed by atoms with van der Waals surface area (Å²) in [5, 5.41) is 3.18. The van der Waals surface area contributed by atoms with Crippen LogP contribution in [0.25, 0.3) is 0 Å². The number of ether oxygens (including phenoxy) is 1. The minimum absolute atomic E-state index is 0.0488. The van der Waals surface area contributed by atoms with E-state index in [1.54, 1.807) is 7.11 Å². The van der Waals surface area contributed by atoms with Crippen LogP contribution in [0.4, 0.5) is 0 Å². The fourth-order valence-corrected chi connectivity index (χ4v) is 4.88. The third-order valence-corrected chi connectivity index (χ3v) is 6.89. The smallest absolute Gasteiger partial charge is 0.251 e. The van der Waals surface area contributed by atoms with Crippen LogP contribution >= 0.6 is 0 Å². The molecule has 4 heteroatoms. The van der Waals surface area contributed by atoms with Gasteiger partial charge in [-0.2, -0.15) is 0 Å². The molecular formula is C30H36N2O2. The molecule has 0 saturated carbocycles. The van der Waals surface area contributed by atoms with Gasteiger partial charge < -0.3 is 10.1 Å². The van der Waals surface area contributed by atoms with Crippen molar-refractivity contribution in [3.63, 3.8) is 0 Å². The first-order chi connectivity index (χ1) is 16.4. The van der Waals surface area contributed by atoms with E-state index in [1.165, 1.54) is 16.7 Å². The van der Waals surface area contributed by atoms with Crippen molar-refractivity contribution >= 4 is 5.91 Å². The van der Waals surface area contributed by atoms with Crippen molar-refractivity contribution in [3.8, 4) is 5.75 Å². The summed E-state index contributed by atoms with van der Waals surface area (Å²) in [5.41, 5.74) is 8.22. The first-order valence-corrected chi connectivity index (χ1v) is 12.2. The summed E-state index contributed by atoms with van der Waals surface area (Å²) in [6.45, 7) is 11.4. The average molecular weight is 457 g/mol. The number of rotatable bonds is 7. The van der Waals surface area contributed by atoms with Crippen LogP contribution in [0.3, 0.4) is 0 Å². The SMILES string of the molecule is COc1cc(C)c([C@H](C)NC(=O)c2ccc(CN3CCc4ccccc4C3)cc2)cc1C(C)C. The summed E-state index contributed by atoms with van der Waals surface area (Å²) in [7, 11) is 1.71. The Labute approximate surface area is 204 Å². The number of carbonyl (C=O) groups is 1. The first kappa shape index (κ1) is 24.0. The second kappa shape index (κ2) is 10.4. The number of carbonyl (C=O) groups excluding carboxylic acids is 1. The maximum atomic E-state index is 13.0. The lowest BCUT2D eigenvalue weighted by Gasteiger charge is -2.28. The Morgan fingerprint density at radius 3 is 2.38 bits per heavy atom. The molecule has 1 aliphatic heterocycles. The Kier molecular flexibility index (Phi) is 7.38. The van der Waals surface area contributed by atoms with E-state index in [-0.39, 0.29) is 11.9 Å². The van der Waals surface area contributed by atoms with Crippen LogP contribution < -0.4 is 10.1 Å². The van der Waals surface area contributed by atoms with Crippen LogP contribution in [-0.2, 0) is 19.5 Å². The molecule has 4 rings (SSSR count). The van der Waals surface area contributed by atoms with Gasteiger partial charge in [-0.25, -0.2) is 0 Å². The zero-order valence-corrected chi connectivity index (χ0v) is 21.0. The molecule has 3 aromatic carbocycles. The van der Waals surface area contributed by atoms with E-state index in [0.717, 1.165) is 48.5 Å². The highest BCUT2D eigenvalue weighted by atomic mass is 16.5. The normalized spacial score (nSPS) is 14.5. The number of hydrogen-bond donors (Lipinski definition) is 1. The predicted octanol–water partition coefficient (Wildman–Crippen LogP) is 6.18. The highest BCUT2D eigenvalue weighted by molar-refractivity contribution is 5.94. The van der Waals surface area contributed by atoms with Gasteiger partial charge in [0.05, 0.1) is 13.2 Å². The number of aryl methyl sites for hydroxylation is 1. The molecule has 0 unspecified atom stereocenters. The molecule has 0 spiro atoms. The summed E-state index contributed by atoms with van der Waals surface area (Å²) in [6.07, 6.45) is 1.10. The van der Waals surface area contributed by atoms with Gasteiger partial charge in [0.25, 0.3) is 5.91 Å². The molecule has 0 aromatic heterocycles. The van der Waals surface area contributed by atoms with Gasteiger partial charge in [0.2, 0.25) is 0 Å². The Morgan fingerprint density at radius 2 is 1.71 bits per heavy atom. The summed E-state index contributed by atoms with van der Waals surface area (Å²) < 4.78 is 5.56. The maximum absolute atomic E-state index is 13.0. The molecule has 1 heterocycles. The predicted molar refractivity (Wildman–Crippen MR) is 138 cm³/mol. The van der Waals surface area contributed by atoms with E-state index in [4.69, 9.17) is 4.74 Å². The van der Waals surface area contributed by atoms with Crippen LogP contribution in [-0.4, -0.2) is 24.5 Å². The molecule has 0 aliphatic carbocycles. The van der Waals surface area contributed by atoms with E-state index in [1.807, 2.05) is 19.1 Å². The van der Waals surface area contributed by atoms with Gasteiger partial charge in [-0.1, -0.05) is 50.2 Å². The summed E-state index contributed by atoms with van der Waals surface area (Å²) in [6, 6.07) is 20.9. The highest BCUT2D eigenvalue weighted by Crippen LogP contribution is 2.32. The monoisotopic (exact) mass is 456 g/mol. The molecule has 178 valence electrons. The van der Waals surface area contributed by atoms with Crippen molar-refractivity contribution in [2.24, 2.45) is 0 Å². The van der Waals surface area contributed by atoms with Gasteiger partial charge >= 0.3 is 0 Å². The molecule has 0 fully saturated rings. The zero-order valence-electron chi connectivity index (χ0n) is 21.0. The Morgan fingerprint density at radius 1 is 1.00 bits per heavy atom. The lowest BCUT2D eigenvalue weighted by atomic mass is 9.93. The number of methoxy groups -OCH3 is 1. The molecule has 1 amide bonds. The summed E-state index contributed by atoms with van der Waals surface area (Å²) in [4.78, 5) is 15.4. The van der Waals surface area contributed by atoms with E-state index < -0.39 is 0 Å². The van der Waals surface area contributed by atoms with Crippen LogP contribution in [0.5, 0.6) is 5.75 Å². The molecule has 4 nitrogen and oxygen atoms in total. The van der Waals surface area contributed by atoms with Gasteiger partial charge in [0, 0.05) is 25.2 Å². The van der Waals surface area contributed by atoms with E-state index in [2.05, 4.69) is 79.5 Å². The van der Waals surface area contributed by atoms with Crippen LogP contribution in [0, 0.1) is 6.92 Å². The topological polar surface area (TPSA) is 41.6 Å². The van der Waals surface area contributed by atoms with Crippen molar-refractivity contribution < 1.29 is 9.53 Å². The molecule has 1 N–H and O–H groups in total. The molecule has 34 heavy (non-hydrogen) atoms. The largest absolute Gasteiger partial charge is 0.496 e. The average Bonchev–Trinajstić information content (AvgIpc) is 2.83. The molecule has 1 atom stereocenters. The number of benzene rings is 3. The van der Waals surface area contributed by atoms with E-state index >= 15 is 0 Å². The second-order valence-electron chi connectivity index (χ2n) is 9.73. The lowest BCUT2D eigenvalue weighted by Crippen LogP contribution is -2.30. The molecular weight excluding hydrogens is 420 g/mol. The van der Waals surface area contributed by atoms with Crippen LogP contribution in [0.15, 0.2) is 60.7 Å². The van der Waals surface area contributed by atoms with Crippen molar-refractivity contribution in [3.05, 3.63) is 99.6 Å². The fraction of sp³-hybridized carbons (Fsp3) is 0.367. The van der Waals surface area contributed by atoms with Crippen LogP contribution in [0.2, 0.25) is 0 Å². The first-order valence-electron chi connectivity index (χ1n) is 12.2. The maximum Gasteiger partial charge on any atom is 0.251 e. The minimum atomic E-state index is -0.0935. The molecule has 0 saturated heterocycles. The van der Waals surface area contributed by atoms with Crippen molar-refractivity contribution in [2.45, 2.75) is 59.2 Å². The molecule has 0 bridgehead atoms. The number of nitrogens with one attached hydrogen (secondary N) is 1. The quantitative estimate of drug-likeness (QED) is 0.462. The molecule has 1 aliphatic rings. The van der Waals surface area contributed by atoms with Crippen molar-refractivity contribution in [1.29, 1.82) is 0 Å². The molecule has 0 radical (unpaired) electrons. The Balaban J connectivity index is 1.40.